The number of benzene rings is 1. The van der Waals surface area contributed by atoms with Crippen molar-refractivity contribution in [2.75, 3.05) is 24.6 Å². The smallest absolute Gasteiger partial charge is 0.136 e. The van der Waals surface area contributed by atoms with Gasteiger partial charge in [0, 0.05) is 31.3 Å². The zero-order valence-electron chi connectivity index (χ0n) is 11.4. The first kappa shape index (κ1) is 13.3. The summed E-state index contributed by atoms with van der Waals surface area (Å²) in [6, 6.07) is 6.71. The average molecular weight is 274 g/mol. The number of hydrogen-bond acceptors (Lipinski definition) is 3. The lowest BCUT2D eigenvalue weighted by molar-refractivity contribution is 0.240. The van der Waals surface area contributed by atoms with E-state index in [1.807, 2.05) is 12.1 Å². The zero-order valence-corrected chi connectivity index (χ0v) is 11.4. The molecular formula is C16H19FN2O. The van der Waals surface area contributed by atoms with Gasteiger partial charge in [0.2, 0.25) is 0 Å². The largest absolute Gasteiger partial charge is 0.396 e. The Morgan fingerprint density at radius 3 is 2.80 bits per heavy atom. The molecule has 0 aliphatic carbocycles. The number of aromatic nitrogens is 1. The van der Waals surface area contributed by atoms with Crippen molar-refractivity contribution in [3.05, 3.63) is 36.3 Å². The highest BCUT2D eigenvalue weighted by molar-refractivity contribution is 5.92. The van der Waals surface area contributed by atoms with Crippen LogP contribution in [0.3, 0.4) is 0 Å². The normalized spacial score (nSPS) is 16.8. The summed E-state index contributed by atoms with van der Waals surface area (Å²) >= 11 is 0. The van der Waals surface area contributed by atoms with E-state index in [1.165, 1.54) is 6.07 Å². The van der Waals surface area contributed by atoms with Crippen molar-refractivity contribution in [3.63, 3.8) is 0 Å². The Labute approximate surface area is 118 Å². The molecule has 1 aliphatic heterocycles. The fourth-order valence-corrected chi connectivity index (χ4v) is 3.00. The highest BCUT2D eigenvalue weighted by Crippen LogP contribution is 2.29. The fourth-order valence-electron chi connectivity index (χ4n) is 3.00. The number of rotatable bonds is 3. The van der Waals surface area contributed by atoms with Gasteiger partial charge in [0.1, 0.15) is 11.6 Å². The third-order valence-corrected chi connectivity index (χ3v) is 4.16. The minimum atomic E-state index is -0.212. The van der Waals surface area contributed by atoms with Gasteiger partial charge in [-0.2, -0.15) is 0 Å². The van der Waals surface area contributed by atoms with E-state index < -0.39 is 0 Å². The number of fused-ring (bicyclic) bond motifs is 1. The van der Waals surface area contributed by atoms with Crippen LogP contribution in [-0.4, -0.2) is 29.8 Å². The number of halogens is 1. The summed E-state index contributed by atoms with van der Waals surface area (Å²) < 4.78 is 13.3. The topological polar surface area (TPSA) is 36.4 Å². The summed E-state index contributed by atoms with van der Waals surface area (Å²) in [4.78, 5) is 6.76. The molecule has 1 aromatic carbocycles. The second-order valence-corrected chi connectivity index (χ2v) is 5.44. The molecule has 1 fully saturated rings. The standard InChI is InChI=1S/C16H19FN2O/c17-14-1-2-15-13(11-14)3-7-18-16(15)19-8-4-12(5-9-19)6-10-20/h1-3,7,11-12,20H,4-6,8-10H2. The molecule has 2 aromatic rings. The van der Waals surface area contributed by atoms with Crippen LogP contribution < -0.4 is 4.90 Å². The van der Waals surface area contributed by atoms with Crippen molar-refractivity contribution < 1.29 is 9.50 Å². The van der Waals surface area contributed by atoms with Crippen LogP contribution >= 0.6 is 0 Å². The molecule has 0 radical (unpaired) electrons. The van der Waals surface area contributed by atoms with Crippen molar-refractivity contribution >= 4 is 16.6 Å². The van der Waals surface area contributed by atoms with Gasteiger partial charge in [-0.1, -0.05) is 0 Å². The fraction of sp³-hybridized carbons (Fsp3) is 0.438. The van der Waals surface area contributed by atoms with Gasteiger partial charge < -0.3 is 10.0 Å². The van der Waals surface area contributed by atoms with Crippen LogP contribution in [0.25, 0.3) is 10.8 Å². The van der Waals surface area contributed by atoms with E-state index in [2.05, 4.69) is 9.88 Å². The van der Waals surface area contributed by atoms with E-state index in [-0.39, 0.29) is 12.4 Å². The lowest BCUT2D eigenvalue weighted by atomic mass is 9.94. The molecule has 1 N–H and O–H groups in total. The maximum atomic E-state index is 13.3. The van der Waals surface area contributed by atoms with Crippen LogP contribution in [0, 0.1) is 11.7 Å². The van der Waals surface area contributed by atoms with Crippen LogP contribution in [0.4, 0.5) is 10.2 Å². The highest BCUT2D eigenvalue weighted by Gasteiger charge is 2.20. The Morgan fingerprint density at radius 1 is 1.25 bits per heavy atom. The molecule has 20 heavy (non-hydrogen) atoms. The van der Waals surface area contributed by atoms with Crippen molar-refractivity contribution in [1.82, 2.24) is 4.98 Å². The van der Waals surface area contributed by atoms with E-state index in [9.17, 15) is 4.39 Å². The third-order valence-electron chi connectivity index (χ3n) is 4.16. The summed E-state index contributed by atoms with van der Waals surface area (Å²) in [6.07, 6.45) is 4.80. The van der Waals surface area contributed by atoms with Crippen molar-refractivity contribution in [2.45, 2.75) is 19.3 Å². The Kier molecular flexibility index (Phi) is 3.83. The molecule has 0 unspecified atom stereocenters. The summed E-state index contributed by atoms with van der Waals surface area (Å²) in [5, 5.41) is 10.9. The molecule has 0 amide bonds. The summed E-state index contributed by atoms with van der Waals surface area (Å²) in [5.41, 5.74) is 0. The Morgan fingerprint density at radius 2 is 2.05 bits per heavy atom. The molecule has 1 aromatic heterocycles. The first-order chi connectivity index (χ1) is 9.78. The number of piperidine rings is 1. The molecule has 3 nitrogen and oxygen atoms in total. The Hall–Kier alpha value is -1.68. The highest BCUT2D eigenvalue weighted by atomic mass is 19.1. The molecule has 2 heterocycles. The van der Waals surface area contributed by atoms with Crippen molar-refractivity contribution in [3.8, 4) is 0 Å². The van der Waals surface area contributed by atoms with Crippen LogP contribution in [0.2, 0.25) is 0 Å². The molecule has 0 atom stereocenters. The van der Waals surface area contributed by atoms with Gasteiger partial charge in [0.05, 0.1) is 0 Å². The first-order valence-corrected chi connectivity index (χ1v) is 7.18. The minimum absolute atomic E-state index is 0.212. The molecular weight excluding hydrogens is 255 g/mol. The van der Waals surface area contributed by atoms with E-state index in [0.717, 1.165) is 48.9 Å². The maximum absolute atomic E-state index is 13.3. The van der Waals surface area contributed by atoms with Crippen LogP contribution in [0.1, 0.15) is 19.3 Å². The molecule has 0 saturated carbocycles. The summed E-state index contributed by atoms with van der Waals surface area (Å²) in [7, 11) is 0. The van der Waals surface area contributed by atoms with Crippen molar-refractivity contribution in [1.29, 1.82) is 0 Å². The minimum Gasteiger partial charge on any atom is -0.396 e. The van der Waals surface area contributed by atoms with E-state index >= 15 is 0 Å². The lowest BCUT2D eigenvalue weighted by Gasteiger charge is -2.33. The van der Waals surface area contributed by atoms with Gasteiger partial charge in [-0.3, -0.25) is 0 Å². The molecule has 4 heteroatoms. The molecule has 0 bridgehead atoms. The molecule has 1 saturated heterocycles. The van der Waals surface area contributed by atoms with Gasteiger partial charge in [0.15, 0.2) is 0 Å². The predicted molar refractivity (Wildman–Crippen MR) is 78.3 cm³/mol. The molecule has 0 spiro atoms. The van der Waals surface area contributed by atoms with Gasteiger partial charge >= 0.3 is 0 Å². The predicted octanol–water partition coefficient (Wildman–Crippen LogP) is 2.97. The number of nitrogens with zero attached hydrogens (tertiary/aromatic N) is 2. The van der Waals surface area contributed by atoms with Crippen molar-refractivity contribution in [2.24, 2.45) is 5.92 Å². The number of pyridine rings is 1. The SMILES string of the molecule is OCCC1CCN(c2nccc3cc(F)ccc23)CC1. The number of hydrogen-bond donors (Lipinski definition) is 1. The lowest BCUT2D eigenvalue weighted by Crippen LogP contribution is -2.34. The molecule has 1 aliphatic rings. The molecule has 106 valence electrons. The quantitative estimate of drug-likeness (QED) is 0.934. The Balaban J connectivity index is 1.84. The zero-order chi connectivity index (χ0) is 13.9. The van der Waals surface area contributed by atoms with E-state index in [1.54, 1.807) is 12.3 Å². The van der Waals surface area contributed by atoms with E-state index in [0.29, 0.717) is 5.92 Å². The number of aliphatic hydroxyl groups excluding tert-OH is 1. The number of anilines is 1. The second kappa shape index (κ2) is 5.75. The Bertz CT molecular complexity index is 594. The van der Waals surface area contributed by atoms with Gasteiger partial charge in [-0.05, 0) is 54.8 Å². The van der Waals surface area contributed by atoms with Crippen LogP contribution in [0.15, 0.2) is 30.5 Å². The molecule has 3 rings (SSSR count). The first-order valence-electron chi connectivity index (χ1n) is 7.18. The van der Waals surface area contributed by atoms with E-state index in [4.69, 9.17) is 5.11 Å². The van der Waals surface area contributed by atoms with Gasteiger partial charge in [-0.25, -0.2) is 9.37 Å². The summed E-state index contributed by atoms with van der Waals surface area (Å²) in [6.45, 7) is 2.18. The summed E-state index contributed by atoms with van der Waals surface area (Å²) in [5.74, 6) is 1.35. The average Bonchev–Trinajstić information content (AvgIpc) is 2.47. The van der Waals surface area contributed by atoms with Crippen LogP contribution in [0.5, 0.6) is 0 Å². The van der Waals surface area contributed by atoms with Gasteiger partial charge in [-0.15, -0.1) is 0 Å². The second-order valence-electron chi connectivity index (χ2n) is 5.44. The maximum Gasteiger partial charge on any atom is 0.136 e. The number of aliphatic hydroxyl groups is 1. The van der Waals surface area contributed by atoms with Gasteiger partial charge in [0.25, 0.3) is 0 Å². The van der Waals surface area contributed by atoms with Crippen LogP contribution in [-0.2, 0) is 0 Å². The monoisotopic (exact) mass is 274 g/mol. The third kappa shape index (κ3) is 2.61.